The van der Waals surface area contributed by atoms with E-state index in [9.17, 15) is 0 Å². The van der Waals surface area contributed by atoms with E-state index in [1.807, 2.05) is 0 Å². The van der Waals surface area contributed by atoms with Gasteiger partial charge in [0.2, 0.25) is 0 Å². The van der Waals surface area contributed by atoms with Gasteiger partial charge in [-0.1, -0.05) is 6.92 Å². The van der Waals surface area contributed by atoms with Crippen molar-refractivity contribution in [3.05, 3.63) is 0 Å². The third kappa shape index (κ3) is 3.16. The van der Waals surface area contributed by atoms with Gasteiger partial charge in [-0.05, 0) is 32.5 Å². The van der Waals surface area contributed by atoms with Crippen LogP contribution in [0.5, 0.6) is 0 Å². The van der Waals surface area contributed by atoms with E-state index in [1.165, 1.54) is 58.8 Å². The molecule has 15 heavy (non-hydrogen) atoms. The zero-order valence-electron chi connectivity index (χ0n) is 10.3. The van der Waals surface area contributed by atoms with E-state index >= 15 is 0 Å². The maximum absolute atomic E-state index is 2.66. The molecule has 0 radical (unpaired) electrons. The summed E-state index contributed by atoms with van der Waals surface area (Å²) in [6, 6.07) is 0. The molecule has 2 aliphatic rings. The van der Waals surface area contributed by atoms with Gasteiger partial charge in [0.15, 0.2) is 0 Å². The predicted molar refractivity (Wildman–Crippen MR) is 64.2 cm³/mol. The zero-order valence-corrected chi connectivity index (χ0v) is 10.3. The summed E-state index contributed by atoms with van der Waals surface area (Å²) in [7, 11) is 2.25. The summed E-state index contributed by atoms with van der Waals surface area (Å²) in [6.07, 6.45) is 1.41. The van der Waals surface area contributed by atoms with Crippen molar-refractivity contribution in [1.82, 2.24) is 14.7 Å². The number of piperazine rings is 1. The summed E-state index contributed by atoms with van der Waals surface area (Å²) in [5.74, 6) is 0.933. The molecular formula is C12H25N3. The van der Waals surface area contributed by atoms with Crippen LogP contribution in [0.15, 0.2) is 0 Å². The van der Waals surface area contributed by atoms with E-state index in [0.717, 1.165) is 5.92 Å². The number of likely N-dealkylation sites (N-methyl/N-ethyl adjacent to an activating group) is 1. The smallest absolute Gasteiger partial charge is 0.0110 e. The van der Waals surface area contributed by atoms with E-state index in [1.54, 1.807) is 0 Å². The van der Waals surface area contributed by atoms with Crippen molar-refractivity contribution in [3.8, 4) is 0 Å². The molecule has 0 aromatic rings. The van der Waals surface area contributed by atoms with Crippen LogP contribution in [0.4, 0.5) is 0 Å². The molecule has 0 spiro atoms. The molecule has 3 heteroatoms. The number of nitrogens with zero attached hydrogens (tertiary/aromatic N) is 3. The molecule has 2 fully saturated rings. The third-order valence-electron chi connectivity index (χ3n) is 3.92. The Bertz CT molecular complexity index is 187. The molecule has 0 aliphatic carbocycles. The van der Waals surface area contributed by atoms with Gasteiger partial charge in [0, 0.05) is 39.3 Å². The van der Waals surface area contributed by atoms with Gasteiger partial charge in [0.05, 0.1) is 0 Å². The molecule has 2 aliphatic heterocycles. The Kier molecular flexibility index (Phi) is 4.00. The summed E-state index contributed by atoms with van der Waals surface area (Å²) in [5.41, 5.74) is 0. The van der Waals surface area contributed by atoms with Gasteiger partial charge in [-0.2, -0.15) is 0 Å². The summed E-state index contributed by atoms with van der Waals surface area (Å²) in [6.45, 7) is 12.6. The first kappa shape index (κ1) is 11.4. The highest BCUT2D eigenvalue weighted by molar-refractivity contribution is 4.79. The molecule has 0 amide bonds. The van der Waals surface area contributed by atoms with E-state index in [4.69, 9.17) is 0 Å². The van der Waals surface area contributed by atoms with Crippen molar-refractivity contribution >= 4 is 0 Å². The summed E-state index contributed by atoms with van der Waals surface area (Å²) < 4.78 is 0. The van der Waals surface area contributed by atoms with Crippen molar-refractivity contribution in [2.24, 2.45) is 5.92 Å². The minimum atomic E-state index is 0.933. The molecule has 0 aromatic carbocycles. The molecular weight excluding hydrogens is 186 g/mol. The van der Waals surface area contributed by atoms with E-state index in [0.29, 0.717) is 0 Å². The van der Waals surface area contributed by atoms with E-state index < -0.39 is 0 Å². The van der Waals surface area contributed by atoms with Crippen molar-refractivity contribution in [3.63, 3.8) is 0 Å². The van der Waals surface area contributed by atoms with Crippen LogP contribution in [0.2, 0.25) is 0 Å². The van der Waals surface area contributed by atoms with Crippen LogP contribution in [0, 0.1) is 5.92 Å². The normalized spacial score (nSPS) is 31.2. The number of likely N-dealkylation sites (tertiary alicyclic amines) is 1. The zero-order chi connectivity index (χ0) is 10.7. The van der Waals surface area contributed by atoms with Gasteiger partial charge in [-0.3, -0.25) is 0 Å². The van der Waals surface area contributed by atoms with Gasteiger partial charge in [-0.25, -0.2) is 0 Å². The fourth-order valence-corrected chi connectivity index (χ4v) is 2.83. The first-order valence-corrected chi connectivity index (χ1v) is 6.41. The van der Waals surface area contributed by atoms with Crippen molar-refractivity contribution < 1.29 is 0 Å². The van der Waals surface area contributed by atoms with Crippen molar-refractivity contribution in [2.45, 2.75) is 13.3 Å². The Morgan fingerprint density at radius 2 is 1.67 bits per heavy atom. The van der Waals surface area contributed by atoms with Crippen LogP contribution in [0.25, 0.3) is 0 Å². The molecule has 0 bridgehead atoms. The lowest BCUT2D eigenvalue weighted by atomic mass is 10.1. The molecule has 0 N–H and O–H groups in total. The van der Waals surface area contributed by atoms with Gasteiger partial charge >= 0.3 is 0 Å². The average Bonchev–Trinajstić information content (AvgIpc) is 2.65. The maximum atomic E-state index is 2.66. The summed E-state index contributed by atoms with van der Waals surface area (Å²) >= 11 is 0. The molecule has 3 nitrogen and oxygen atoms in total. The van der Waals surface area contributed by atoms with Crippen LogP contribution in [-0.4, -0.2) is 74.1 Å². The molecule has 1 unspecified atom stereocenters. The van der Waals surface area contributed by atoms with Crippen molar-refractivity contribution in [2.75, 3.05) is 59.4 Å². The first-order valence-electron chi connectivity index (χ1n) is 6.41. The third-order valence-corrected chi connectivity index (χ3v) is 3.92. The second-order valence-corrected chi connectivity index (χ2v) is 5.15. The van der Waals surface area contributed by atoms with Gasteiger partial charge in [0.1, 0.15) is 0 Å². The molecule has 88 valence electrons. The van der Waals surface area contributed by atoms with Gasteiger partial charge in [-0.15, -0.1) is 0 Å². The fraction of sp³-hybridized carbons (Fsp3) is 1.00. The molecule has 1 atom stereocenters. The van der Waals surface area contributed by atoms with Gasteiger partial charge < -0.3 is 14.7 Å². The maximum Gasteiger partial charge on any atom is 0.0110 e. The molecule has 2 saturated heterocycles. The monoisotopic (exact) mass is 211 g/mol. The molecule has 2 rings (SSSR count). The lowest BCUT2D eigenvalue weighted by Crippen LogP contribution is -2.47. The summed E-state index contributed by atoms with van der Waals surface area (Å²) in [4.78, 5) is 7.68. The second kappa shape index (κ2) is 5.28. The quantitative estimate of drug-likeness (QED) is 0.676. The second-order valence-electron chi connectivity index (χ2n) is 5.15. The molecule has 2 heterocycles. The number of rotatable bonds is 3. The highest BCUT2D eigenvalue weighted by atomic mass is 15.3. The predicted octanol–water partition coefficient (Wildman–Crippen LogP) is 0.576. The van der Waals surface area contributed by atoms with Crippen LogP contribution in [-0.2, 0) is 0 Å². The van der Waals surface area contributed by atoms with E-state index in [-0.39, 0.29) is 0 Å². The van der Waals surface area contributed by atoms with E-state index in [2.05, 4.69) is 28.7 Å². The Labute approximate surface area is 94.0 Å². The molecule has 0 aromatic heterocycles. The van der Waals surface area contributed by atoms with Crippen LogP contribution < -0.4 is 0 Å². The number of hydrogen-bond acceptors (Lipinski definition) is 3. The fourth-order valence-electron chi connectivity index (χ4n) is 2.83. The first-order chi connectivity index (χ1) is 7.28. The standard InChI is InChI=1S/C12H25N3/c1-3-14-6-8-15(9-7-14)11-12-4-5-13(2)10-12/h12H,3-11H2,1-2H3. The SMILES string of the molecule is CCN1CCN(CC2CCN(C)C2)CC1. The highest BCUT2D eigenvalue weighted by Crippen LogP contribution is 2.16. The van der Waals surface area contributed by atoms with Crippen LogP contribution in [0.1, 0.15) is 13.3 Å². The van der Waals surface area contributed by atoms with Crippen LogP contribution in [0.3, 0.4) is 0 Å². The average molecular weight is 211 g/mol. The van der Waals surface area contributed by atoms with Crippen molar-refractivity contribution in [1.29, 1.82) is 0 Å². The lowest BCUT2D eigenvalue weighted by molar-refractivity contribution is 0.123. The minimum absolute atomic E-state index is 0.933. The lowest BCUT2D eigenvalue weighted by Gasteiger charge is -2.35. The Hall–Kier alpha value is -0.120. The Morgan fingerprint density at radius 3 is 2.20 bits per heavy atom. The largest absolute Gasteiger partial charge is 0.306 e. The minimum Gasteiger partial charge on any atom is -0.306 e. The highest BCUT2D eigenvalue weighted by Gasteiger charge is 2.23. The Balaban J connectivity index is 1.68. The van der Waals surface area contributed by atoms with Gasteiger partial charge in [0.25, 0.3) is 0 Å². The number of hydrogen-bond donors (Lipinski definition) is 0. The topological polar surface area (TPSA) is 9.72 Å². The Morgan fingerprint density at radius 1 is 1.00 bits per heavy atom. The molecule has 0 saturated carbocycles. The summed E-state index contributed by atoms with van der Waals surface area (Å²) in [5, 5.41) is 0. The van der Waals surface area contributed by atoms with Crippen LogP contribution >= 0.6 is 0 Å².